The first-order chi connectivity index (χ1) is 13.7. The van der Waals surface area contributed by atoms with E-state index >= 15 is 0 Å². The molecule has 1 fully saturated rings. The van der Waals surface area contributed by atoms with E-state index in [0.717, 1.165) is 41.7 Å². The van der Waals surface area contributed by atoms with E-state index in [2.05, 4.69) is 36.1 Å². The topological polar surface area (TPSA) is 30.9 Å². The van der Waals surface area contributed by atoms with Gasteiger partial charge < -0.3 is 19.1 Å². The van der Waals surface area contributed by atoms with E-state index in [-0.39, 0.29) is 6.10 Å². The maximum Gasteiger partial charge on any atom is 0.137 e. The Hall–Kier alpha value is -1.85. The lowest BCUT2D eigenvalue weighted by Crippen LogP contribution is -2.22. The third-order valence-electron chi connectivity index (χ3n) is 5.44. The quantitative estimate of drug-likeness (QED) is 0.599. The summed E-state index contributed by atoms with van der Waals surface area (Å²) in [7, 11) is 1.71. The Morgan fingerprint density at radius 3 is 2.64 bits per heavy atom. The summed E-state index contributed by atoms with van der Waals surface area (Å²) in [5, 5.41) is 0.302. The minimum Gasteiger partial charge on any atom is -0.495 e. The van der Waals surface area contributed by atoms with Crippen molar-refractivity contribution in [2.24, 2.45) is 0 Å². The molecule has 0 aliphatic carbocycles. The average molecular weight is 400 g/mol. The Morgan fingerprint density at radius 2 is 1.89 bits per heavy atom. The van der Waals surface area contributed by atoms with Gasteiger partial charge in [-0.25, -0.2) is 0 Å². The van der Waals surface area contributed by atoms with Gasteiger partial charge >= 0.3 is 0 Å². The minimum absolute atomic E-state index is 0.0221. The fourth-order valence-corrected chi connectivity index (χ4v) is 5.13. The van der Waals surface area contributed by atoms with Gasteiger partial charge in [0.2, 0.25) is 0 Å². The van der Waals surface area contributed by atoms with Gasteiger partial charge in [0, 0.05) is 11.8 Å². The van der Waals surface area contributed by atoms with Gasteiger partial charge in [-0.2, -0.15) is 0 Å². The van der Waals surface area contributed by atoms with E-state index in [1.807, 2.05) is 30.0 Å². The molecule has 28 heavy (non-hydrogen) atoms. The second-order valence-corrected chi connectivity index (χ2v) is 8.86. The van der Waals surface area contributed by atoms with Crippen LogP contribution in [0.4, 0.5) is 0 Å². The summed E-state index contributed by atoms with van der Waals surface area (Å²) in [6.07, 6.45) is 3.80. The van der Waals surface area contributed by atoms with Crippen LogP contribution in [0.1, 0.15) is 37.9 Å². The number of fused-ring (bicyclic) bond motifs is 1. The molecule has 2 heterocycles. The van der Waals surface area contributed by atoms with Gasteiger partial charge in [0.1, 0.15) is 23.4 Å². The summed E-state index contributed by atoms with van der Waals surface area (Å²) in [4.78, 5) is 3.62. The Kier molecular flexibility index (Phi) is 6.33. The van der Waals surface area contributed by atoms with E-state index < -0.39 is 0 Å². The van der Waals surface area contributed by atoms with Crippen molar-refractivity contribution < 1.29 is 14.2 Å². The molecule has 2 aromatic carbocycles. The Labute approximate surface area is 172 Å². The normalized spacial score (nSPS) is 21.8. The van der Waals surface area contributed by atoms with Crippen molar-refractivity contribution in [3.05, 3.63) is 48.0 Å². The molecule has 4 nitrogen and oxygen atoms in total. The van der Waals surface area contributed by atoms with Crippen molar-refractivity contribution in [3.63, 3.8) is 0 Å². The summed E-state index contributed by atoms with van der Waals surface area (Å²) in [5.41, 5.74) is 1.18. The van der Waals surface area contributed by atoms with Crippen molar-refractivity contribution in [1.29, 1.82) is 0 Å². The lowest BCUT2D eigenvalue weighted by atomic mass is 10.1. The van der Waals surface area contributed by atoms with Crippen LogP contribution < -0.4 is 14.2 Å². The molecule has 0 bridgehead atoms. The molecule has 2 aromatic rings. The Morgan fingerprint density at radius 1 is 1.11 bits per heavy atom. The summed E-state index contributed by atoms with van der Waals surface area (Å²) in [6.45, 7) is 6.62. The zero-order valence-electron chi connectivity index (χ0n) is 16.7. The number of rotatable bonds is 7. The molecule has 0 aromatic heterocycles. The van der Waals surface area contributed by atoms with Crippen LogP contribution in [0.25, 0.3) is 0 Å². The van der Waals surface area contributed by atoms with Crippen LogP contribution in [0.2, 0.25) is 0 Å². The number of thioether (sulfide) groups is 1. The van der Waals surface area contributed by atoms with Crippen molar-refractivity contribution in [1.82, 2.24) is 4.90 Å². The number of likely N-dealkylation sites (tertiary alicyclic amines) is 1. The standard InChI is InChI=1S/C23H29NO3S/c1-17-22(27-21-8-5-7-20(25-2)23(21)28-17)18-9-11-19(12-10-18)26-16-6-15-24-13-3-4-14-24/h5,7-12,17,22H,3-4,6,13-16H2,1-2H3/t17?,22-/m1/s1. The van der Waals surface area contributed by atoms with Crippen LogP contribution in [-0.4, -0.2) is 43.5 Å². The molecule has 0 spiro atoms. The third-order valence-corrected chi connectivity index (χ3v) is 6.70. The van der Waals surface area contributed by atoms with E-state index in [9.17, 15) is 0 Å². The fraction of sp³-hybridized carbons (Fsp3) is 0.478. The number of hydrogen-bond acceptors (Lipinski definition) is 5. The second kappa shape index (κ2) is 9.10. The highest BCUT2D eigenvalue weighted by Crippen LogP contribution is 2.49. The lowest BCUT2D eigenvalue weighted by Gasteiger charge is -2.32. The number of benzene rings is 2. The monoisotopic (exact) mass is 399 g/mol. The van der Waals surface area contributed by atoms with Crippen molar-refractivity contribution in [2.75, 3.05) is 33.4 Å². The van der Waals surface area contributed by atoms with Crippen molar-refractivity contribution in [2.45, 2.75) is 42.4 Å². The highest BCUT2D eigenvalue weighted by atomic mass is 32.2. The molecule has 0 radical (unpaired) electrons. The van der Waals surface area contributed by atoms with Crippen LogP contribution in [-0.2, 0) is 0 Å². The van der Waals surface area contributed by atoms with Crippen LogP contribution in [0.5, 0.6) is 17.2 Å². The average Bonchev–Trinajstić information content (AvgIpc) is 3.24. The Bertz CT molecular complexity index is 774. The van der Waals surface area contributed by atoms with Gasteiger partial charge in [0.15, 0.2) is 0 Å². The van der Waals surface area contributed by atoms with Crippen LogP contribution in [0, 0.1) is 0 Å². The first-order valence-corrected chi connectivity index (χ1v) is 11.1. The first kappa shape index (κ1) is 19.5. The van der Waals surface area contributed by atoms with Gasteiger partial charge in [-0.15, -0.1) is 11.8 Å². The molecule has 1 saturated heterocycles. The highest BCUT2D eigenvalue weighted by molar-refractivity contribution is 8.00. The summed E-state index contributed by atoms with van der Waals surface area (Å²) in [6, 6.07) is 14.4. The van der Waals surface area contributed by atoms with Crippen LogP contribution in [0.3, 0.4) is 0 Å². The predicted octanol–water partition coefficient (Wildman–Crippen LogP) is 5.17. The summed E-state index contributed by atoms with van der Waals surface area (Å²) < 4.78 is 17.7. The number of ether oxygens (including phenoxy) is 3. The highest BCUT2D eigenvalue weighted by Gasteiger charge is 2.30. The smallest absolute Gasteiger partial charge is 0.137 e. The molecule has 4 rings (SSSR count). The molecule has 2 atom stereocenters. The minimum atomic E-state index is 0.0221. The van der Waals surface area contributed by atoms with Crippen LogP contribution >= 0.6 is 11.8 Å². The molecule has 0 N–H and O–H groups in total. The largest absolute Gasteiger partial charge is 0.495 e. The molecular weight excluding hydrogens is 370 g/mol. The van der Waals surface area contributed by atoms with E-state index in [1.54, 1.807) is 7.11 Å². The number of hydrogen-bond donors (Lipinski definition) is 0. The number of methoxy groups -OCH3 is 1. The van der Waals surface area contributed by atoms with Gasteiger partial charge in [0.05, 0.1) is 18.6 Å². The Balaban J connectivity index is 1.34. The zero-order valence-corrected chi connectivity index (χ0v) is 17.5. The van der Waals surface area contributed by atoms with Crippen molar-refractivity contribution in [3.8, 4) is 17.2 Å². The van der Waals surface area contributed by atoms with Gasteiger partial charge in [0.25, 0.3) is 0 Å². The van der Waals surface area contributed by atoms with Gasteiger partial charge in [-0.3, -0.25) is 0 Å². The number of nitrogens with zero attached hydrogens (tertiary/aromatic N) is 1. The third kappa shape index (κ3) is 4.41. The SMILES string of the molecule is COc1cccc2c1SC(C)[C@H](c1ccc(OCCCN3CCCC3)cc1)O2. The predicted molar refractivity (Wildman–Crippen MR) is 114 cm³/mol. The summed E-state index contributed by atoms with van der Waals surface area (Å²) >= 11 is 1.81. The van der Waals surface area contributed by atoms with E-state index in [0.29, 0.717) is 5.25 Å². The molecule has 0 saturated carbocycles. The molecule has 0 amide bonds. The molecule has 1 unspecified atom stereocenters. The summed E-state index contributed by atoms with van der Waals surface area (Å²) in [5.74, 6) is 2.71. The molecule has 5 heteroatoms. The maximum absolute atomic E-state index is 6.32. The van der Waals surface area contributed by atoms with Crippen LogP contribution in [0.15, 0.2) is 47.4 Å². The van der Waals surface area contributed by atoms with Gasteiger partial charge in [-0.05, 0) is 69.1 Å². The molecule has 2 aliphatic heterocycles. The second-order valence-electron chi connectivity index (χ2n) is 7.47. The molecule has 150 valence electrons. The fourth-order valence-electron chi connectivity index (χ4n) is 3.92. The van der Waals surface area contributed by atoms with Gasteiger partial charge in [-0.1, -0.05) is 18.2 Å². The lowest BCUT2D eigenvalue weighted by molar-refractivity contribution is 0.193. The maximum atomic E-state index is 6.32. The first-order valence-electron chi connectivity index (χ1n) is 10.2. The van der Waals surface area contributed by atoms with Crippen molar-refractivity contribution >= 4 is 11.8 Å². The molecular formula is C23H29NO3S. The molecule has 2 aliphatic rings. The van der Waals surface area contributed by atoms with E-state index in [1.165, 1.54) is 31.5 Å². The van der Waals surface area contributed by atoms with E-state index in [4.69, 9.17) is 14.2 Å². The zero-order chi connectivity index (χ0) is 19.3.